The van der Waals surface area contributed by atoms with Gasteiger partial charge in [0.15, 0.2) is 0 Å². The van der Waals surface area contributed by atoms with Crippen molar-refractivity contribution in [2.24, 2.45) is 0 Å². The molecule has 0 aliphatic rings. The van der Waals surface area contributed by atoms with Crippen LogP contribution in [0.25, 0.3) is 0 Å². The minimum Gasteiger partial charge on any atom is -0.352 e. The standard InChI is InChI=1S/C18H24N2O3S2/c1-2-3-4-12-19-18(21)15-7-9-17(10-8-15)25(22,23)20-13-11-16-6-5-14-24-16/h5-10,14,20H,2-4,11-13H2,1H3,(H,19,21). The van der Waals surface area contributed by atoms with Gasteiger partial charge in [-0.25, -0.2) is 13.1 Å². The number of carbonyl (C=O) groups excluding carboxylic acids is 1. The minimum atomic E-state index is -3.56. The maximum Gasteiger partial charge on any atom is 0.251 e. The lowest BCUT2D eigenvalue weighted by atomic mass is 10.2. The molecule has 2 rings (SSSR count). The van der Waals surface area contributed by atoms with E-state index >= 15 is 0 Å². The van der Waals surface area contributed by atoms with Gasteiger partial charge in [-0.2, -0.15) is 0 Å². The van der Waals surface area contributed by atoms with Crippen LogP contribution >= 0.6 is 11.3 Å². The zero-order valence-corrected chi connectivity index (χ0v) is 16.0. The van der Waals surface area contributed by atoms with Crippen molar-refractivity contribution in [3.63, 3.8) is 0 Å². The van der Waals surface area contributed by atoms with Crippen molar-refractivity contribution in [1.29, 1.82) is 0 Å². The Balaban J connectivity index is 1.87. The van der Waals surface area contributed by atoms with Crippen LogP contribution in [-0.4, -0.2) is 27.4 Å². The first-order valence-electron chi connectivity index (χ1n) is 8.43. The van der Waals surface area contributed by atoms with E-state index in [1.807, 2.05) is 17.5 Å². The van der Waals surface area contributed by atoms with E-state index in [2.05, 4.69) is 17.0 Å². The fraction of sp³-hybridized carbons (Fsp3) is 0.389. The molecule has 2 N–H and O–H groups in total. The molecule has 7 heteroatoms. The minimum absolute atomic E-state index is 0.168. The van der Waals surface area contributed by atoms with Crippen LogP contribution in [0.5, 0.6) is 0 Å². The molecule has 1 aromatic carbocycles. The summed E-state index contributed by atoms with van der Waals surface area (Å²) in [4.78, 5) is 13.3. The van der Waals surface area contributed by atoms with Gasteiger partial charge >= 0.3 is 0 Å². The second-order valence-corrected chi connectivity index (χ2v) is 8.51. The molecule has 0 fully saturated rings. The zero-order chi connectivity index (χ0) is 18.1. The summed E-state index contributed by atoms with van der Waals surface area (Å²) in [5, 5.41) is 4.81. The smallest absolute Gasteiger partial charge is 0.251 e. The molecule has 0 atom stereocenters. The fourth-order valence-electron chi connectivity index (χ4n) is 2.31. The van der Waals surface area contributed by atoms with Crippen LogP contribution in [0.2, 0.25) is 0 Å². The zero-order valence-electron chi connectivity index (χ0n) is 14.3. The van der Waals surface area contributed by atoms with E-state index in [4.69, 9.17) is 0 Å². The highest BCUT2D eigenvalue weighted by atomic mass is 32.2. The van der Waals surface area contributed by atoms with Crippen molar-refractivity contribution in [2.45, 2.75) is 37.5 Å². The molecule has 0 aliphatic carbocycles. The maximum absolute atomic E-state index is 12.3. The van der Waals surface area contributed by atoms with Crippen molar-refractivity contribution in [3.05, 3.63) is 52.2 Å². The van der Waals surface area contributed by atoms with Crippen molar-refractivity contribution in [1.82, 2.24) is 10.0 Å². The lowest BCUT2D eigenvalue weighted by Crippen LogP contribution is -2.26. The van der Waals surface area contributed by atoms with Gasteiger partial charge in [-0.1, -0.05) is 25.8 Å². The number of rotatable bonds is 10. The maximum atomic E-state index is 12.3. The number of benzene rings is 1. The second kappa shape index (κ2) is 9.70. The molecule has 0 saturated carbocycles. The van der Waals surface area contributed by atoms with Crippen LogP contribution in [-0.2, 0) is 16.4 Å². The topological polar surface area (TPSA) is 75.3 Å². The summed E-state index contributed by atoms with van der Waals surface area (Å²) < 4.78 is 27.1. The van der Waals surface area contributed by atoms with Gasteiger partial charge in [0.05, 0.1) is 4.90 Å². The van der Waals surface area contributed by atoms with Gasteiger partial charge in [0.1, 0.15) is 0 Å². The molecule has 0 spiro atoms. The van der Waals surface area contributed by atoms with Crippen LogP contribution in [0.15, 0.2) is 46.7 Å². The van der Waals surface area contributed by atoms with Gasteiger partial charge in [0.2, 0.25) is 10.0 Å². The molecular formula is C18H24N2O3S2. The summed E-state index contributed by atoms with van der Waals surface area (Å²) in [7, 11) is -3.56. The quantitative estimate of drug-likeness (QED) is 0.622. The highest BCUT2D eigenvalue weighted by Gasteiger charge is 2.14. The van der Waals surface area contributed by atoms with E-state index in [0.29, 0.717) is 25.1 Å². The Bertz CT molecular complexity index is 754. The molecule has 0 unspecified atom stereocenters. The molecule has 2 aromatic rings. The average molecular weight is 381 g/mol. The summed E-state index contributed by atoms with van der Waals surface area (Å²) in [5.74, 6) is -0.175. The van der Waals surface area contributed by atoms with Crippen LogP contribution in [0.1, 0.15) is 41.4 Å². The number of amides is 1. The molecule has 25 heavy (non-hydrogen) atoms. The molecule has 1 amide bonds. The third-order valence-electron chi connectivity index (χ3n) is 3.74. The molecule has 0 radical (unpaired) electrons. The average Bonchev–Trinajstić information content (AvgIpc) is 3.12. The van der Waals surface area contributed by atoms with E-state index in [1.165, 1.54) is 12.1 Å². The van der Waals surface area contributed by atoms with Gasteiger partial charge in [-0.05, 0) is 48.6 Å². The first-order valence-corrected chi connectivity index (χ1v) is 10.8. The van der Waals surface area contributed by atoms with Gasteiger partial charge in [0.25, 0.3) is 5.91 Å². The number of hydrogen-bond donors (Lipinski definition) is 2. The van der Waals surface area contributed by atoms with Gasteiger partial charge in [0, 0.05) is 23.5 Å². The number of nitrogens with one attached hydrogen (secondary N) is 2. The molecule has 1 heterocycles. The Labute approximate surface area is 153 Å². The summed E-state index contributed by atoms with van der Waals surface area (Å²) in [6.07, 6.45) is 3.79. The van der Waals surface area contributed by atoms with Crippen LogP contribution in [0, 0.1) is 0 Å². The fourth-order valence-corrected chi connectivity index (χ4v) is 4.05. The molecule has 0 bridgehead atoms. The molecule has 1 aromatic heterocycles. The van der Waals surface area contributed by atoms with Crippen molar-refractivity contribution in [2.75, 3.05) is 13.1 Å². The van der Waals surface area contributed by atoms with Crippen LogP contribution in [0.3, 0.4) is 0 Å². The van der Waals surface area contributed by atoms with Crippen LogP contribution < -0.4 is 10.0 Å². The second-order valence-electron chi connectivity index (χ2n) is 5.71. The first kappa shape index (κ1) is 19.6. The summed E-state index contributed by atoms with van der Waals surface area (Å²) in [6.45, 7) is 3.09. The Morgan fingerprint density at radius 1 is 1.08 bits per heavy atom. The van der Waals surface area contributed by atoms with E-state index in [1.54, 1.807) is 23.5 Å². The monoisotopic (exact) mass is 380 g/mol. The Morgan fingerprint density at radius 3 is 2.48 bits per heavy atom. The number of carbonyl (C=O) groups is 1. The lowest BCUT2D eigenvalue weighted by molar-refractivity contribution is 0.0953. The van der Waals surface area contributed by atoms with E-state index in [-0.39, 0.29) is 10.8 Å². The van der Waals surface area contributed by atoms with E-state index in [0.717, 1.165) is 24.1 Å². The van der Waals surface area contributed by atoms with Gasteiger partial charge in [-0.15, -0.1) is 11.3 Å². The number of hydrogen-bond acceptors (Lipinski definition) is 4. The summed E-state index contributed by atoms with van der Waals surface area (Å²) in [6, 6.07) is 9.95. The number of unbranched alkanes of at least 4 members (excludes halogenated alkanes) is 2. The molecule has 0 saturated heterocycles. The molecule has 0 aliphatic heterocycles. The van der Waals surface area contributed by atoms with E-state index < -0.39 is 10.0 Å². The Hall–Kier alpha value is -1.70. The SMILES string of the molecule is CCCCCNC(=O)c1ccc(S(=O)(=O)NCCc2cccs2)cc1. The van der Waals surface area contributed by atoms with Gasteiger partial charge < -0.3 is 5.32 Å². The van der Waals surface area contributed by atoms with Crippen molar-refractivity contribution < 1.29 is 13.2 Å². The molecule has 5 nitrogen and oxygen atoms in total. The predicted molar refractivity (Wildman–Crippen MR) is 102 cm³/mol. The summed E-state index contributed by atoms with van der Waals surface area (Å²) >= 11 is 1.60. The third kappa shape index (κ3) is 6.26. The normalized spacial score (nSPS) is 11.4. The van der Waals surface area contributed by atoms with Crippen LogP contribution in [0.4, 0.5) is 0 Å². The molecular weight excluding hydrogens is 356 g/mol. The van der Waals surface area contributed by atoms with Gasteiger partial charge in [-0.3, -0.25) is 4.79 Å². The lowest BCUT2D eigenvalue weighted by Gasteiger charge is -2.08. The number of sulfonamides is 1. The number of thiophene rings is 1. The predicted octanol–water partition coefficient (Wildman–Crippen LogP) is 3.19. The first-order chi connectivity index (χ1) is 12.0. The highest BCUT2D eigenvalue weighted by molar-refractivity contribution is 7.89. The largest absolute Gasteiger partial charge is 0.352 e. The Kier molecular flexibility index (Phi) is 7.61. The highest BCUT2D eigenvalue weighted by Crippen LogP contribution is 2.12. The molecule has 136 valence electrons. The van der Waals surface area contributed by atoms with Crippen molar-refractivity contribution >= 4 is 27.3 Å². The summed E-state index contributed by atoms with van der Waals surface area (Å²) in [5.41, 5.74) is 0.467. The van der Waals surface area contributed by atoms with Crippen molar-refractivity contribution in [3.8, 4) is 0 Å². The third-order valence-corrected chi connectivity index (χ3v) is 6.15. The van der Waals surface area contributed by atoms with E-state index in [9.17, 15) is 13.2 Å². The Morgan fingerprint density at radius 2 is 1.84 bits per heavy atom.